The summed E-state index contributed by atoms with van der Waals surface area (Å²) in [5.74, 6) is -0.0399. The van der Waals surface area contributed by atoms with Crippen LogP contribution in [0, 0.1) is 0 Å². The van der Waals surface area contributed by atoms with E-state index in [0.717, 1.165) is 16.6 Å². The molecule has 134 valence electrons. The molecule has 26 heavy (non-hydrogen) atoms. The van der Waals surface area contributed by atoms with E-state index in [4.69, 9.17) is 14.1 Å². The highest BCUT2D eigenvalue weighted by Gasteiger charge is 2.17. The van der Waals surface area contributed by atoms with Crippen molar-refractivity contribution in [3.05, 3.63) is 53.9 Å². The summed E-state index contributed by atoms with van der Waals surface area (Å²) in [6.07, 6.45) is 1.71. The van der Waals surface area contributed by atoms with Gasteiger partial charge in [0.05, 0.1) is 31.6 Å². The van der Waals surface area contributed by atoms with E-state index in [-0.39, 0.29) is 0 Å². The fourth-order valence-electron chi connectivity index (χ4n) is 2.77. The lowest BCUT2D eigenvalue weighted by molar-refractivity contribution is 0.0597. The van der Waals surface area contributed by atoms with Crippen LogP contribution in [-0.2, 0) is 15.9 Å². The van der Waals surface area contributed by atoms with Gasteiger partial charge in [0.1, 0.15) is 11.3 Å². The highest BCUT2D eigenvalue weighted by atomic mass is 16.5. The number of rotatable bonds is 6. The predicted molar refractivity (Wildman–Crippen MR) is 97.8 cm³/mol. The molecule has 1 heterocycles. The number of nitrogens with zero attached hydrogens (tertiary/aromatic N) is 2. The maximum Gasteiger partial charge on any atom is 0.490 e. The zero-order valence-electron chi connectivity index (χ0n) is 14.8. The second-order valence-electron chi connectivity index (χ2n) is 5.73. The summed E-state index contributed by atoms with van der Waals surface area (Å²) in [7, 11) is 3.34. The Kier molecular flexibility index (Phi) is 5.25. The van der Waals surface area contributed by atoms with Gasteiger partial charge in [-0.2, -0.15) is 0 Å². The van der Waals surface area contributed by atoms with Crippen LogP contribution in [-0.4, -0.2) is 49.0 Å². The van der Waals surface area contributed by atoms with Gasteiger partial charge in [0.25, 0.3) is 0 Å². The molecule has 2 aromatic carbocycles. The van der Waals surface area contributed by atoms with Crippen molar-refractivity contribution in [1.82, 2.24) is 9.55 Å². The SMILES string of the molecule is COB(O)c1ccc(Cn2cnc3cc(OC)c(C(=O)OC)cc32)cc1. The first-order chi connectivity index (χ1) is 12.6. The third-order valence-electron chi connectivity index (χ3n) is 4.19. The molecular weight excluding hydrogens is 335 g/mol. The van der Waals surface area contributed by atoms with Gasteiger partial charge in [-0.15, -0.1) is 0 Å². The van der Waals surface area contributed by atoms with Crippen molar-refractivity contribution >= 4 is 29.6 Å². The van der Waals surface area contributed by atoms with Crippen molar-refractivity contribution in [2.45, 2.75) is 6.54 Å². The number of carbonyl (C=O) groups is 1. The lowest BCUT2D eigenvalue weighted by Gasteiger charge is -2.10. The van der Waals surface area contributed by atoms with Gasteiger partial charge in [0.15, 0.2) is 0 Å². The molecule has 0 atom stereocenters. The van der Waals surface area contributed by atoms with Crippen molar-refractivity contribution < 1.29 is 23.9 Å². The molecule has 3 aromatic rings. The normalized spacial score (nSPS) is 10.8. The van der Waals surface area contributed by atoms with Gasteiger partial charge in [0.2, 0.25) is 0 Å². The molecule has 1 N–H and O–H groups in total. The maximum absolute atomic E-state index is 12.0. The molecule has 0 aliphatic carbocycles. The molecule has 0 fully saturated rings. The van der Waals surface area contributed by atoms with Crippen LogP contribution in [0.5, 0.6) is 5.75 Å². The van der Waals surface area contributed by atoms with Crippen LogP contribution in [0.3, 0.4) is 0 Å². The molecule has 0 aliphatic rings. The van der Waals surface area contributed by atoms with E-state index in [2.05, 4.69) is 4.98 Å². The molecular formula is C18H19BN2O5. The van der Waals surface area contributed by atoms with Gasteiger partial charge < -0.3 is 23.7 Å². The minimum absolute atomic E-state index is 0.350. The van der Waals surface area contributed by atoms with Crippen LogP contribution in [0.4, 0.5) is 0 Å². The maximum atomic E-state index is 12.0. The highest BCUT2D eigenvalue weighted by molar-refractivity contribution is 6.59. The molecule has 0 saturated heterocycles. The van der Waals surface area contributed by atoms with Crippen LogP contribution >= 0.6 is 0 Å². The average Bonchev–Trinajstić information content (AvgIpc) is 3.07. The summed E-state index contributed by atoms with van der Waals surface area (Å²) < 4.78 is 16.9. The monoisotopic (exact) mass is 354 g/mol. The molecule has 0 radical (unpaired) electrons. The summed E-state index contributed by atoms with van der Waals surface area (Å²) >= 11 is 0. The minimum Gasteiger partial charge on any atom is -0.496 e. The summed E-state index contributed by atoms with van der Waals surface area (Å²) in [5, 5.41) is 9.68. The van der Waals surface area contributed by atoms with Gasteiger partial charge in [-0.3, -0.25) is 0 Å². The molecule has 3 rings (SSSR count). The number of aromatic nitrogens is 2. The number of carbonyl (C=O) groups excluding carboxylic acids is 1. The van der Waals surface area contributed by atoms with Crippen LogP contribution in [0.15, 0.2) is 42.7 Å². The number of imidazole rings is 1. The lowest BCUT2D eigenvalue weighted by Crippen LogP contribution is -2.32. The quantitative estimate of drug-likeness (QED) is 0.529. The van der Waals surface area contributed by atoms with Gasteiger partial charge in [-0.05, 0) is 17.1 Å². The predicted octanol–water partition coefficient (Wildman–Crippen LogP) is 1.21. The standard InChI is InChI=1S/C18H19BN2O5/c1-24-17-9-15-16(8-14(17)18(22)25-2)21(11-20-15)10-12-4-6-13(7-5-12)19(23)26-3/h4-9,11,23H,10H2,1-3H3. The Morgan fingerprint density at radius 2 is 1.92 bits per heavy atom. The van der Waals surface area contributed by atoms with Crippen LogP contribution in [0.2, 0.25) is 0 Å². The van der Waals surface area contributed by atoms with Crippen molar-refractivity contribution in [1.29, 1.82) is 0 Å². The molecule has 0 spiro atoms. The molecule has 1 aromatic heterocycles. The van der Waals surface area contributed by atoms with Crippen molar-refractivity contribution in [2.75, 3.05) is 21.3 Å². The fraction of sp³-hybridized carbons (Fsp3) is 0.222. The molecule has 0 saturated carbocycles. The number of esters is 1. The van der Waals surface area contributed by atoms with E-state index < -0.39 is 13.1 Å². The van der Waals surface area contributed by atoms with Gasteiger partial charge in [-0.1, -0.05) is 24.3 Å². The first-order valence-corrected chi connectivity index (χ1v) is 7.98. The Hall–Kier alpha value is -2.84. The number of hydrogen-bond donors (Lipinski definition) is 1. The number of methoxy groups -OCH3 is 2. The number of benzene rings is 2. The second kappa shape index (κ2) is 7.59. The van der Waals surface area contributed by atoms with E-state index in [1.54, 1.807) is 18.5 Å². The van der Waals surface area contributed by atoms with Crippen LogP contribution < -0.4 is 10.2 Å². The zero-order valence-corrected chi connectivity index (χ0v) is 14.8. The minimum atomic E-state index is -0.937. The topological polar surface area (TPSA) is 82.8 Å². The molecule has 7 nitrogen and oxygen atoms in total. The number of hydrogen-bond acceptors (Lipinski definition) is 6. The second-order valence-corrected chi connectivity index (χ2v) is 5.73. The Labute approximate surface area is 151 Å². The zero-order chi connectivity index (χ0) is 18.7. The van der Waals surface area contributed by atoms with Crippen molar-refractivity contribution in [2.24, 2.45) is 0 Å². The smallest absolute Gasteiger partial charge is 0.490 e. The molecule has 0 bridgehead atoms. The number of ether oxygens (including phenoxy) is 2. The fourth-order valence-corrected chi connectivity index (χ4v) is 2.77. The molecule has 0 amide bonds. The molecule has 0 aliphatic heterocycles. The first kappa shape index (κ1) is 18.0. The highest BCUT2D eigenvalue weighted by Crippen LogP contribution is 2.26. The Morgan fingerprint density at radius 1 is 1.19 bits per heavy atom. The van der Waals surface area contributed by atoms with E-state index in [1.165, 1.54) is 21.3 Å². The van der Waals surface area contributed by atoms with Gasteiger partial charge in [0, 0.05) is 19.7 Å². The molecule has 8 heteroatoms. The molecule has 0 unspecified atom stereocenters. The van der Waals surface area contributed by atoms with Gasteiger partial charge in [-0.25, -0.2) is 9.78 Å². The summed E-state index contributed by atoms with van der Waals surface area (Å²) in [6.45, 7) is 0.562. The Balaban J connectivity index is 1.94. The van der Waals surface area contributed by atoms with E-state index in [9.17, 15) is 9.82 Å². The van der Waals surface area contributed by atoms with E-state index >= 15 is 0 Å². The number of fused-ring (bicyclic) bond motifs is 1. The van der Waals surface area contributed by atoms with Crippen molar-refractivity contribution in [3.8, 4) is 5.75 Å². The average molecular weight is 354 g/mol. The summed E-state index contributed by atoms with van der Waals surface area (Å²) in [4.78, 5) is 16.4. The third kappa shape index (κ3) is 3.42. The lowest BCUT2D eigenvalue weighted by atomic mass is 9.79. The van der Waals surface area contributed by atoms with Crippen LogP contribution in [0.25, 0.3) is 11.0 Å². The third-order valence-corrected chi connectivity index (χ3v) is 4.19. The van der Waals surface area contributed by atoms with E-state index in [1.807, 2.05) is 28.8 Å². The Bertz CT molecular complexity index is 923. The Morgan fingerprint density at radius 3 is 2.54 bits per heavy atom. The van der Waals surface area contributed by atoms with Gasteiger partial charge >= 0.3 is 13.1 Å². The van der Waals surface area contributed by atoms with E-state index in [0.29, 0.717) is 23.3 Å². The van der Waals surface area contributed by atoms with Crippen LogP contribution in [0.1, 0.15) is 15.9 Å². The largest absolute Gasteiger partial charge is 0.496 e. The van der Waals surface area contributed by atoms with Crippen molar-refractivity contribution in [3.63, 3.8) is 0 Å². The summed E-state index contributed by atoms with van der Waals surface area (Å²) in [6, 6.07) is 10.9. The summed E-state index contributed by atoms with van der Waals surface area (Å²) in [5.41, 5.74) is 3.58. The first-order valence-electron chi connectivity index (χ1n) is 7.98.